The number of ether oxygens (including phenoxy) is 3. The van der Waals surface area contributed by atoms with Gasteiger partial charge < -0.3 is 19.5 Å². The van der Waals surface area contributed by atoms with Crippen LogP contribution in [0.15, 0.2) is 36.4 Å². The van der Waals surface area contributed by atoms with Gasteiger partial charge in [-0.2, -0.15) is 0 Å². The molecule has 0 fully saturated rings. The number of hydrogen-bond acceptors (Lipinski definition) is 6. The number of anilines is 1. The van der Waals surface area contributed by atoms with Crippen LogP contribution in [-0.2, 0) is 4.79 Å². The first-order chi connectivity index (χ1) is 12.9. The van der Waals surface area contributed by atoms with E-state index in [1.165, 1.54) is 27.4 Å². The van der Waals surface area contributed by atoms with Gasteiger partial charge in [-0.25, -0.2) is 4.39 Å². The summed E-state index contributed by atoms with van der Waals surface area (Å²) >= 11 is 0. The molecule has 0 saturated heterocycles. The zero-order chi connectivity index (χ0) is 20.0. The Labute approximate surface area is 154 Å². The van der Waals surface area contributed by atoms with Crippen LogP contribution < -0.4 is 19.5 Å². The molecular weight excluding hydrogens is 359 g/mol. The van der Waals surface area contributed by atoms with Gasteiger partial charge in [-0.15, -0.1) is 0 Å². The van der Waals surface area contributed by atoms with E-state index in [0.29, 0.717) is 22.8 Å². The van der Waals surface area contributed by atoms with Crippen molar-refractivity contribution in [1.82, 2.24) is 0 Å². The van der Waals surface area contributed by atoms with Crippen LogP contribution in [0.1, 0.15) is 5.56 Å². The fourth-order valence-corrected chi connectivity index (χ4v) is 2.27. The molecule has 0 bridgehead atoms. The molecule has 0 saturated carbocycles. The van der Waals surface area contributed by atoms with Gasteiger partial charge in [0.15, 0.2) is 11.5 Å². The molecular formula is C18H17FN2O6. The van der Waals surface area contributed by atoms with E-state index in [1.54, 1.807) is 12.1 Å². The normalized spacial score (nSPS) is 10.5. The molecule has 27 heavy (non-hydrogen) atoms. The Balaban J connectivity index is 2.22. The molecule has 0 atom stereocenters. The van der Waals surface area contributed by atoms with Crippen LogP contribution in [0.5, 0.6) is 17.2 Å². The highest BCUT2D eigenvalue weighted by molar-refractivity contribution is 6.02. The summed E-state index contributed by atoms with van der Waals surface area (Å²) in [4.78, 5) is 22.1. The summed E-state index contributed by atoms with van der Waals surface area (Å²) in [6.07, 6.45) is 2.61. The maximum atomic E-state index is 13.7. The van der Waals surface area contributed by atoms with Crippen molar-refractivity contribution >= 4 is 23.4 Å². The number of carbonyl (C=O) groups is 1. The summed E-state index contributed by atoms with van der Waals surface area (Å²) in [5, 5.41) is 13.0. The van der Waals surface area contributed by atoms with E-state index in [9.17, 15) is 19.3 Å². The Hall–Kier alpha value is -3.62. The van der Waals surface area contributed by atoms with Gasteiger partial charge in [-0.3, -0.25) is 14.9 Å². The van der Waals surface area contributed by atoms with Crippen LogP contribution in [0, 0.1) is 15.9 Å². The quantitative estimate of drug-likeness (QED) is 0.452. The van der Waals surface area contributed by atoms with Crippen molar-refractivity contribution < 1.29 is 28.3 Å². The Morgan fingerprint density at radius 1 is 1.11 bits per heavy atom. The van der Waals surface area contributed by atoms with E-state index in [4.69, 9.17) is 14.2 Å². The Kier molecular flexibility index (Phi) is 6.32. The summed E-state index contributed by atoms with van der Waals surface area (Å²) in [7, 11) is 4.39. The number of nitrogens with zero attached hydrogens (tertiary/aromatic N) is 1. The number of hydrogen-bond donors (Lipinski definition) is 1. The molecule has 0 heterocycles. The van der Waals surface area contributed by atoms with Crippen molar-refractivity contribution in [2.24, 2.45) is 0 Å². The van der Waals surface area contributed by atoms with Crippen molar-refractivity contribution in [1.29, 1.82) is 0 Å². The third-order valence-electron chi connectivity index (χ3n) is 3.53. The van der Waals surface area contributed by atoms with E-state index in [1.807, 2.05) is 0 Å². The topological polar surface area (TPSA) is 99.9 Å². The fourth-order valence-electron chi connectivity index (χ4n) is 2.27. The van der Waals surface area contributed by atoms with Crippen molar-refractivity contribution in [3.05, 3.63) is 57.9 Å². The lowest BCUT2D eigenvalue weighted by Gasteiger charge is -2.12. The van der Waals surface area contributed by atoms with E-state index in [2.05, 4.69) is 5.32 Å². The first-order valence-electron chi connectivity index (χ1n) is 7.62. The van der Waals surface area contributed by atoms with Gasteiger partial charge in [0.2, 0.25) is 11.7 Å². The average Bonchev–Trinajstić information content (AvgIpc) is 2.66. The molecule has 0 aromatic heterocycles. The Bertz CT molecular complexity index is 872. The molecule has 8 nitrogen and oxygen atoms in total. The SMILES string of the molecule is COc1cc(/C=C/C(=O)Nc2cc([N+](=O)[O-])ccc2F)cc(OC)c1OC. The van der Waals surface area contributed by atoms with Crippen molar-refractivity contribution in [3.63, 3.8) is 0 Å². The number of carbonyl (C=O) groups excluding carboxylic acids is 1. The lowest BCUT2D eigenvalue weighted by molar-refractivity contribution is -0.384. The molecule has 0 aliphatic carbocycles. The second-order valence-corrected chi connectivity index (χ2v) is 5.20. The van der Waals surface area contributed by atoms with Crippen LogP contribution in [0.4, 0.5) is 15.8 Å². The molecule has 0 spiro atoms. The van der Waals surface area contributed by atoms with Crippen molar-refractivity contribution in [2.75, 3.05) is 26.6 Å². The fraction of sp³-hybridized carbons (Fsp3) is 0.167. The summed E-state index contributed by atoms with van der Waals surface area (Å²) < 4.78 is 29.4. The number of nitro groups is 1. The molecule has 0 radical (unpaired) electrons. The van der Waals surface area contributed by atoms with Gasteiger partial charge in [0.1, 0.15) is 5.82 Å². The highest BCUT2D eigenvalue weighted by Crippen LogP contribution is 2.38. The van der Waals surface area contributed by atoms with Gasteiger partial charge in [0.25, 0.3) is 5.69 Å². The molecule has 1 N–H and O–H groups in total. The van der Waals surface area contributed by atoms with E-state index in [0.717, 1.165) is 24.3 Å². The Morgan fingerprint density at radius 2 is 1.74 bits per heavy atom. The monoisotopic (exact) mass is 376 g/mol. The predicted molar refractivity (Wildman–Crippen MR) is 96.8 cm³/mol. The zero-order valence-corrected chi connectivity index (χ0v) is 14.8. The second kappa shape index (κ2) is 8.65. The standard InChI is InChI=1S/C18H17FN2O6/c1-25-15-8-11(9-16(26-2)18(15)27-3)4-7-17(22)20-14-10-12(21(23)24)5-6-13(14)19/h4-10H,1-3H3,(H,20,22)/b7-4+. The summed E-state index contributed by atoms with van der Waals surface area (Å²) in [5.41, 5.74) is -0.0526. The molecule has 2 aromatic carbocycles. The predicted octanol–water partition coefficient (Wildman–Crippen LogP) is 3.41. The Morgan fingerprint density at radius 3 is 2.26 bits per heavy atom. The third-order valence-corrected chi connectivity index (χ3v) is 3.53. The number of halogens is 1. The van der Waals surface area contributed by atoms with Crippen molar-refractivity contribution in [3.8, 4) is 17.2 Å². The van der Waals surface area contributed by atoms with Crippen LogP contribution in [0.3, 0.4) is 0 Å². The second-order valence-electron chi connectivity index (χ2n) is 5.20. The first kappa shape index (κ1) is 19.7. The maximum absolute atomic E-state index is 13.7. The molecule has 0 unspecified atom stereocenters. The average molecular weight is 376 g/mol. The highest BCUT2D eigenvalue weighted by atomic mass is 19.1. The molecule has 0 aliphatic rings. The number of amides is 1. The van der Waals surface area contributed by atoms with Gasteiger partial charge in [-0.05, 0) is 29.8 Å². The first-order valence-corrected chi connectivity index (χ1v) is 7.62. The number of benzene rings is 2. The van der Waals surface area contributed by atoms with Crippen LogP contribution in [0.25, 0.3) is 6.08 Å². The summed E-state index contributed by atoms with van der Waals surface area (Å²) in [6, 6.07) is 6.12. The number of rotatable bonds is 7. The smallest absolute Gasteiger partial charge is 0.271 e. The van der Waals surface area contributed by atoms with Gasteiger partial charge >= 0.3 is 0 Å². The lowest BCUT2D eigenvalue weighted by Crippen LogP contribution is -2.09. The third kappa shape index (κ3) is 4.72. The van der Waals surface area contributed by atoms with E-state index >= 15 is 0 Å². The highest BCUT2D eigenvalue weighted by Gasteiger charge is 2.14. The molecule has 9 heteroatoms. The lowest BCUT2D eigenvalue weighted by atomic mass is 10.1. The van der Waals surface area contributed by atoms with Crippen molar-refractivity contribution in [2.45, 2.75) is 0 Å². The molecule has 0 aliphatic heterocycles. The minimum atomic E-state index is -0.782. The minimum absolute atomic E-state index is 0.288. The van der Waals surface area contributed by atoms with Crippen LogP contribution >= 0.6 is 0 Å². The summed E-state index contributed by atoms with van der Waals surface area (Å²) in [5.74, 6) is -0.234. The molecule has 142 valence electrons. The number of nitrogens with one attached hydrogen (secondary N) is 1. The van der Waals surface area contributed by atoms with E-state index < -0.39 is 16.6 Å². The van der Waals surface area contributed by atoms with Gasteiger partial charge in [0.05, 0.1) is 31.9 Å². The number of non-ortho nitro benzene ring substituents is 1. The number of nitro benzene ring substituents is 1. The maximum Gasteiger partial charge on any atom is 0.271 e. The van der Waals surface area contributed by atoms with E-state index in [-0.39, 0.29) is 11.4 Å². The van der Waals surface area contributed by atoms with Crippen LogP contribution in [-0.4, -0.2) is 32.2 Å². The zero-order valence-electron chi connectivity index (χ0n) is 14.8. The molecule has 2 aromatic rings. The molecule has 1 amide bonds. The van der Waals surface area contributed by atoms with Gasteiger partial charge in [-0.1, -0.05) is 0 Å². The van der Waals surface area contributed by atoms with Gasteiger partial charge in [0, 0.05) is 18.2 Å². The summed E-state index contributed by atoms with van der Waals surface area (Å²) in [6.45, 7) is 0. The number of methoxy groups -OCH3 is 3. The minimum Gasteiger partial charge on any atom is -0.493 e. The van der Waals surface area contributed by atoms with Crippen LogP contribution in [0.2, 0.25) is 0 Å². The largest absolute Gasteiger partial charge is 0.493 e. The molecule has 2 rings (SSSR count).